The third-order valence-electron chi connectivity index (χ3n) is 3.26. The Bertz CT molecular complexity index is 587. The first-order valence-electron chi connectivity index (χ1n) is 7.48. The molecule has 132 valence electrons. The van der Waals surface area contributed by atoms with E-state index in [2.05, 4.69) is 10.6 Å². The van der Waals surface area contributed by atoms with E-state index in [0.29, 0.717) is 6.42 Å². The highest BCUT2D eigenvalue weighted by Crippen LogP contribution is 2.11. The van der Waals surface area contributed by atoms with Crippen LogP contribution in [0, 0.1) is 17.6 Å². The second kappa shape index (κ2) is 9.34. The standard InChI is InChI=1S/C15H21BF2N2O4/c1-9(2)7-12(16(23)24-3)20-13(21)8-19-15(22)10-5-4-6-11(17)14(10)18/h4-6,9,12,23H,7-8H2,1-3H3,(H,19,22)(H,20,21)/t12-/m0/s1. The Labute approximate surface area is 139 Å². The summed E-state index contributed by atoms with van der Waals surface area (Å²) in [6.07, 6.45) is 0.465. The number of nitrogens with one attached hydrogen (secondary N) is 2. The van der Waals surface area contributed by atoms with E-state index in [0.717, 1.165) is 12.1 Å². The van der Waals surface area contributed by atoms with Gasteiger partial charge in [-0.1, -0.05) is 19.9 Å². The Kier molecular flexibility index (Phi) is 7.80. The average Bonchev–Trinajstić information content (AvgIpc) is 2.53. The van der Waals surface area contributed by atoms with Gasteiger partial charge in [0.05, 0.1) is 18.0 Å². The van der Waals surface area contributed by atoms with Crippen LogP contribution in [0.15, 0.2) is 18.2 Å². The number of carbonyl (C=O) groups is 2. The molecule has 24 heavy (non-hydrogen) atoms. The molecule has 0 radical (unpaired) electrons. The Balaban J connectivity index is 2.61. The fourth-order valence-electron chi connectivity index (χ4n) is 2.11. The van der Waals surface area contributed by atoms with Crippen LogP contribution in [-0.2, 0) is 9.45 Å². The van der Waals surface area contributed by atoms with E-state index in [-0.39, 0.29) is 5.92 Å². The maximum atomic E-state index is 13.5. The van der Waals surface area contributed by atoms with Crippen molar-refractivity contribution >= 4 is 18.9 Å². The predicted molar refractivity (Wildman–Crippen MR) is 85.1 cm³/mol. The van der Waals surface area contributed by atoms with Crippen molar-refractivity contribution in [2.75, 3.05) is 13.7 Å². The van der Waals surface area contributed by atoms with Crippen LogP contribution in [0.4, 0.5) is 8.78 Å². The average molecular weight is 342 g/mol. The predicted octanol–water partition coefficient (Wildman–Crippen LogP) is 0.892. The molecule has 0 saturated heterocycles. The first kappa shape index (κ1) is 20.1. The molecule has 0 aromatic heterocycles. The Morgan fingerprint density at radius 2 is 2.00 bits per heavy atom. The molecule has 1 rings (SSSR count). The van der Waals surface area contributed by atoms with Crippen LogP contribution >= 0.6 is 0 Å². The zero-order valence-corrected chi connectivity index (χ0v) is 13.8. The molecule has 0 spiro atoms. The molecule has 1 aromatic carbocycles. The molecule has 0 fully saturated rings. The molecule has 3 N–H and O–H groups in total. The number of amides is 2. The van der Waals surface area contributed by atoms with E-state index < -0.39 is 48.6 Å². The Morgan fingerprint density at radius 3 is 2.58 bits per heavy atom. The van der Waals surface area contributed by atoms with Crippen LogP contribution in [0.5, 0.6) is 0 Å². The zero-order chi connectivity index (χ0) is 18.3. The number of hydrogen-bond acceptors (Lipinski definition) is 4. The number of halogens is 2. The molecule has 0 unspecified atom stereocenters. The minimum Gasteiger partial charge on any atom is -0.426 e. The highest BCUT2D eigenvalue weighted by atomic mass is 19.2. The minimum atomic E-state index is -1.28. The first-order valence-corrected chi connectivity index (χ1v) is 7.48. The topological polar surface area (TPSA) is 87.7 Å². The van der Waals surface area contributed by atoms with Gasteiger partial charge in [0, 0.05) is 7.11 Å². The molecular weight excluding hydrogens is 321 g/mol. The van der Waals surface area contributed by atoms with Crippen molar-refractivity contribution in [1.29, 1.82) is 0 Å². The van der Waals surface area contributed by atoms with Gasteiger partial charge in [0.1, 0.15) is 0 Å². The van der Waals surface area contributed by atoms with Gasteiger partial charge in [-0.15, -0.1) is 0 Å². The molecule has 0 saturated carbocycles. The maximum absolute atomic E-state index is 13.5. The van der Waals surface area contributed by atoms with Crippen molar-refractivity contribution < 1.29 is 28.0 Å². The van der Waals surface area contributed by atoms with Crippen LogP contribution in [0.1, 0.15) is 30.6 Å². The molecule has 9 heteroatoms. The lowest BCUT2D eigenvalue weighted by molar-refractivity contribution is -0.120. The fourth-order valence-corrected chi connectivity index (χ4v) is 2.11. The molecule has 0 bridgehead atoms. The van der Waals surface area contributed by atoms with Crippen LogP contribution in [0.2, 0.25) is 0 Å². The molecule has 0 aliphatic heterocycles. The quantitative estimate of drug-likeness (QED) is 0.613. The maximum Gasteiger partial charge on any atom is 0.477 e. The van der Waals surface area contributed by atoms with Gasteiger partial charge >= 0.3 is 7.12 Å². The van der Waals surface area contributed by atoms with E-state index in [9.17, 15) is 23.4 Å². The summed E-state index contributed by atoms with van der Waals surface area (Å²) in [7, 11) is 0.117. The van der Waals surface area contributed by atoms with Crippen LogP contribution in [0.3, 0.4) is 0 Å². The van der Waals surface area contributed by atoms with Crippen molar-refractivity contribution in [3.8, 4) is 0 Å². The van der Waals surface area contributed by atoms with Gasteiger partial charge in [0.2, 0.25) is 5.91 Å². The molecular formula is C15H21BF2N2O4. The molecule has 6 nitrogen and oxygen atoms in total. The van der Waals surface area contributed by atoms with Gasteiger partial charge < -0.3 is 20.3 Å². The number of hydrogen-bond donors (Lipinski definition) is 3. The van der Waals surface area contributed by atoms with Crippen molar-refractivity contribution in [3.63, 3.8) is 0 Å². The highest BCUT2D eigenvalue weighted by Gasteiger charge is 2.28. The number of carbonyl (C=O) groups excluding carboxylic acids is 2. The lowest BCUT2D eigenvalue weighted by atomic mass is 9.74. The summed E-state index contributed by atoms with van der Waals surface area (Å²) in [5, 5.41) is 14.5. The molecule has 0 heterocycles. The number of rotatable bonds is 8. The van der Waals surface area contributed by atoms with Gasteiger partial charge in [-0.05, 0) is 24.5 Å². The van der Waals surface area contributed by atoms with Gasteiger partial charge in [-0.3, -0.25) is 9.59 Å². The van der Waals surface area contributed by atoms with E-state index in [1.165, 1.54) is 13.2 Å². The van der Waals surface area contributed by atoms with E-state index in [4.69, 9.17) is 4.65 Å². The SMILES string of the molecule is COB(O)[C@H](CC(C)C)NC(=O)CNC(=O)c1cccc(F)c1F. The second-order valence-corrected chi connectivity index (χ2v) is 5.71. The van der Waals surface area contributed by atoms with E-state index in [1.807, 2.05) is 13.8 Å². The van der Waals surface area contributed by atoms with Gasteiger partial charge in [-0.2, -0.15) is 0 Å². The zero-order valence-electron chi connectivity index (χ0n) is 13.8. The van der Waals surface area contributed by atoms with Crippen molar-refractivity contribution in [1.82, 2.24) is 10.6 Å². The van der Waals surface area contributed by atoms with E-state index in [1.54, 1.807) is 0 Å². The van der Waals surface area contributed by atoms with Crippen molar-refractivity contribution in [2.45, 2.75) is 26.2 Å². The molecule has 0 aliphatic rings. The summed E-state index contributed by atoms with van der Waals surface area (Å²) in [6.45, 7) is 3.38. The monoisotopic (exact) mass is 342 g/mol. The molecule has 2 amide bonds. The highest BCUT2D eigenvalue weighted by molar-refractivity contribution is 6.45. The molecule has 1 aromatic rings. The Hall–Kier alpha value is -2.00. The minimum absolute atomic E-state index is 0.191. The lowest BCUT2D eigenvalue weighted by Gasteiger charge is -2.21. The largest absolute Gasteiger partial charge is 0.477 e. The summed E-state index contributed by atoms with van der Waals surface area (Å²) < 4.78 is 31.4. The Morgan fingerprint density at radius 1 is 1.33 bits per heavy atom. The van der Waals surface area contributed by atoms with E-state index >= 15 is 0 Å². The van der Waals surface area contributed by atoms with Crippen LogP contribution in [-0.4, -0.2) is 43.6 Å². The summed E-state index contributed by atoms with van der Waals surface area (Å²) in [6, 6.07) is 3.20. The summed E-state index contributed by atoms with van der Waals surface area (Å²) in [5.74, 6) is -4.37. The molecule has 0 aliphatic carbocycles. The van der Waals surface area contributed by atoms with Gasteiger partial charge in [-0.25, -0.2) is 8.78 Å². The number of benzene rings is 1. The van der Waals surface area contributed by atoms with Crippen LogP contribution < -0.4 is 10.6 Å². The van der Waals surface area contributed by atoms with Crippen molar-refractivity contribution in [3.05, 3.63) is 35.4 Å². The normalized spacial score (nSPS) is 12.0. The summed E-state index contributed by atoms with van der Waals surface area (Å²) >= 11 is 0. The fraction of sp³-hybridized carbons (Fsp3) is 0.467. The third kappa shape index (κ3) is 5.90. The smallest absolute Gasteiger partial charge is 0.426 e. The van der Waals surface area contributed by atoms with Crippen molar-refractivity contribution in [2.24, 2.45) is 5.92 Å². The van der Waals surface area contributed by atoms with Gasteiger partial charge in [0.15, 0.2) is 11.6 Å². The summed E-state index contributed by atoms with van der Waals surface area (Å²) in [5.41, 5.74) is -0.488. The first-order chi connectivity index (χ1) is 11.3. The lowest BCUT2D eigenvalue weighted by Crippen LogP contribution is -2.50. The van der Waals surface area contributed by atoms with Crippen LogP contribution in [0.25, 0.3) is 0 Å². The summed E-state index contributed by atoms with van der Waals surface area (Å²) in [4.78, 5) is 23.7. The second-order valence-electron chi connectivity index (χ2n) is 5.71. The van der Waals surface area contributed by atoms with Gasteiger partial charge in [0.25, 0.3) is 5.91 Å². The third-order valence-corrected chi connectivity index (χ3v) is 3.26. The molecule has 1 atom stereocenters.